The summed E-state index contributed by atoms with van der Waals surface area (Å²) in [5.74, 6) is 1.83. The van der Waals surface area contributed by atoms with Gasteiger partial charge in [-0.1, -0.05) is 32.8 Å². The van der Waals surface area contributed by atoms with Crippen LogP contribution in [0.1, 0.15) is 57.0 Å². The number of nitrogens with zero attached hydrogens (tertiary/aromatic N) is 1. The van der Waals surface area contributed by atoms with Crippen molar-refractivity contribution in [2.75, 3.05) is 6.54 Å². The van der Waals surface area contributed by atoms with Crippen molar-refractivity contribution in [3.8, 4) is 0 Å². The quantitative estimate of drug-likeness (QED) is 0.898. The number of thiophene rings is 1. The maximum absolute atomic E-state index is 12.7. The minimum Gasteiger partial charge on any atom is -0.320 e. The van der Waals surface area contributed by atoms with Gasteiger partial charge < -0.3 is 4.90 Å². The van der Waals surface area contributed by atoms with E-state index in [1.165, 1.54) is 24.1 Å². The normalized spacial score (nSPS) is 33.0. The Morgan fingerprint density at radius 3 is 2.90 bits per heavy atom. The van der Waals surface area contributed by atoms with Gasteiger partial charge in [0.05, 0.1) is 6.04 Å². The van der Waals surface area contributed by atoms with Gasteiger partial charge in [0.2, 0.25) is 5.91 Å². The number of hydrogen-bond donors (Lipinski definition) is 1. The first kappa shape index (κ1) is 15.0. The third-order valence-corrected chi connectivity index (χ3v) is 5.82. The highest BCUT2D eigenvalue weighted by Crippen LogP contribution is 2.35. The number of hydrogen-bond acceptors (Lipinski definition) is 3. The average Bonchev–Trinajstić information content (AvgIpc) is 3.16. The van der Waals surface area contributed by atoms with Crippen molar-refractivity contribution in [1.29, 1.82) is 0 Å². The van der Waals surface area contributed by atoms with Crippen LogP contribution < -0.4 is 5.32 Å². The van der Waals surface area contributed by atoms with Crippen molar-refractivity contribution < 1.29 is 4.79 Å². The molecule has 4 heteroatoms. The molecule has 4 atom stereocenters. The van der Waals surface area contributed by atoms with Gasteiger partial charge >= 0.3 is 0 Å². The van der Waals surface area contributed by atoms with Crippen LogP contribution in [0.25, 0.3) is 0 Å². The maximum atomic E-state index is 12.7. The molecule has 1 aliphatic carbocycles. The third kappa shape index (κ3) is 3.16. The van der Waals surface area contributed by atoms with Gasteiger partial charge in [0.25, 0.3) is 0 Å². The Hall–Kier alpha value is -0.870. The van der Waals surface area contributed by atoms with Crippen LogP contribution >= 0.6 is 11.3 Å². The second kappa shape index (κ2) is 6.49. The van der Waals surface area contributed by atoms with Gasteiger partial charge in [0, 0.05) is 11.4 Å². The summed E-state index contributed by atoms with van der Waals surface area (Å²) in [4.78, 5) is 16.1. The molecule has 0 radical (unpaired) electrons. The van der Waals surface area contributed by atoms with Crippen LogP contribution in [-0.4, -0.2) is 23.4 Å². The Morgan fingerprint density at radius 2 is 2.29 bits per heavy atom. The molecular weight excluding hydrogens is 280 g/mol. The highest BCUT2D eigenvalue weighted by Gasteiger charge is 2.40. The third-order valence-electron chi connectivity index (χ3n) is 4.90. The Labute approximate surface area is 131 Å². The lowest BCUT2D eigenvalue weighted by Crippen LogP contribution is -2.34. The standard InChI is InChI=1S/C17H26N2OS/c1-3-5-14-17(20)19(11-13-8-7-12(2)10-13)16(18-14)15-6-4-9-21-15/h4,6,9,12-14,16,18H,3,5,7-8,10-11H2,1-2H3. The summed E-state index contributed by atoms with van der Waals surface area (Å²) in [5.41, 5.74) is 0. The van der Waals surface area contributed by atoms with Crippen LogP contribution in [-0.2, 0) is 4.79 Å². The molecule has 4 unspecified atom stereocenters. The lowest BCUT2D eigenvalue weighted by atomic mass is 10.1. The smallest absolute Gasteiger partial charge is 0.241 e. The van der Waals surface area contributed by atoms with Crippen molar-refractivity contribution in [2.45, 2.75) is 58.2 Å². The first-order chi connectivity index (χ1) is 10.2. The van der Waals surface area contributed by atoms with E-state index in [0.717, 1.165) is 25.3 Å². The molecule has 2 heterocycles. The molecular formula is C17H26N2OS. The largest absolute Gasteiger partial charge is 0.320 e. The van der Waals surface area contributed by atoms with Crippen LogP contribution in [0, 0.1) is 11.8 Å². The van der Waals surface area contributed by atoms with E-state index in [1.54, 1.807) is 11.3 Å². The average molecular weight is 306 g/mol. The molecule has 3 rings (SSSR count). The van der Waals surface area contributed by atoms with Gasteiger partial charge in [0.15, 0.2) is 0 Å². The summed E-state index contributed by atoms with van der Waals surface area (Å²) in [6.07, 6.45) is 5.97. The number of amides is 1. The SMILES string of the molecule is CCCC1NC(c2cccs2)N(CC2CCC(C)C2)C1=O. The zero-order chi connectivity index (χ0) is 14.8. The monoisotopic (exact) mass is 306 g/mol. The Bertz CT molecular complexity index is 473. The van der Waals surface area contributed by atoms with Crippen molar-refractivity contribution in [3.63, 3.8) is 0 Å². The Morgan fingerprint density at radius 1 is 1.43 bits per heavy atom. The molecule has 1 saturated heterocycles. The molecule has 2 aliphatic rings. The highest BCUT2D eigenvalue weighted by atomic mass is 32.1. The predicted octanol–water partition coefficient (Wildman–Crippen LogP) is 3.78. The van der Waals surface area contributed by atoms with Gasteiger partial charge in [-0.2, -0.15) is 0 Å². The molecule has 116 valence electrons. The summed E-state index contributed by atoms with van der Waals surface area (Å²) in [7, 11) is 0. The molecule has 1 N–H and O–H groups in total. The fraction of sp³-hybridized carbons (Fsp3) is 0.706. The Kier molecular flexibility index (Phi) is 4.65. The van der Waals surface area contributed by atoms with E-state index in [9.17, 15) is 4.79 Å². The molecule has 3 nitrogen and oxygen atoms in total. The van der Waals surface area contributed by atoms with Crippen LogP contribution in [0.2, 0.25) is 0 Å². The molecule has 1 saturated carbocycles. The fourth-order valence-corrected chi connectivity index (χ4v) is 4.62. The predicted molar refractivity (Wildman–Crippen MR) is 87.1 cm³/mol. The highest BCUT2D eigenvalue weighted by molar-refractivity contribution is 7.10. The molecule has 1 amide bonds. The lowest BCUT2D eigenvalue weighted by molar-refractivity contribution is -0.130. The molecule has 2 fully saturated rings. The summed E-state index contributed by atoms with van der Waals surface area (Å²) < 4.78 is 0. The van der Waals surface area contributed by atoms with Crippen molar-refractivity contribution in [2.24, 2.45) is 11.8 Å². The molecule has 0 bridgehead atoms. The molecule has 0 spiro atoms. The molecule has 1 aliphatic heterocycles. The van der Waals surface area contributed by atoms with E-state index in [4.69, 9.17) is 0 Å². The van der Waals surface area contributed by atoms with E-state index in [1.807, 2.05) is 0 Å². The molecule has 1 aromatic rings. The molecule has 21 heavy (non-hydrogen) atoms. The molecule has 1 aromatic heterocycles. The van der Waals surface area contributed by atoms with Crippen LogP contribution in [0.4, 0.5) is 0 Å². The summed E-state index contributed by atoms with van der Waals surface area (Å²) in [5, 5.41) is 5.67. The minimum absolute atomic E-state index is 0.0147. The second-order valence-corrected chi connectivity index (χ2v) is 7.68. The first-order valence-corrected chi connectivity index (χ1v) is 9.17. The van der Waals surface area contributed by atoms with E-state index in [2.05, 4.69) is 41.6 Å². The summed E-state index contributed by atoms with van der Waals surface area (Å²) in [6.45, 7) is 5.41. The van der Waals surface area contributed by atoms with Crippen molar-refractivity contribution >= 4 is 17.2 Å². The van der Waals surface area contributed by atoms with E-state index >= 15 is 0 Å². The zero-order valence-corrected chi connectivity index (χ0v) is 13.9. The number of nitrogens with one attached hydrogen (secondary N) is 1. The zero-order valence-electron chi connectivity index (χ0n) is 13.0. The van der Waals surface area contributed by atoms with E-state index in [-0.39, 0.29) is 12.2 Å². The summed E-state index contributed by atoms with van der Waals surface area (Å²) >= 11 is 1.75. The number of rotatable bonds is 5. The summed E-state index contributed by atoms with van der Waals surface area (Å²) in [6, 6.07) is 4.24. The lowest BCUT2D eigenvalue weighted by Gasteiger charge is -2.26. The van der Waals surface area contributed by atoms with Gasteiger partial charge in [0.1, 0.15) is 6.17 Å². The van der Waals surface area contributed by atoms with Gasteiger partial charge in [-0.15, -0.1) is 11.3 Å². The number of carbonyl (C=O) groups excluding carboxylic acids is 1. The van der Waals surface area contributed by atoms with Crippen LogP contribution in [0.3, 0.4) is 0 Å². The van der Waals surface area contributed by atoms with Crippen molar-refractivity contribution in [1.82, 2.24) is 10.2 Å². The van der Waals surface area contributed by atoms with Crippen LogP contribution in [0.15, 0.2) is 17.5 Å². The van der Waals surface area contributed by atoms with Crippen LogP contribution in [0.5, 0.6) is 0 Å². The maximum Gasteiger partial charge on any atom is 0.241 e. The van der Waals surface area contributed by atoms with Crippen molar-refractivity contribution in [3.05, 3.63) is 22.4 Å². The van der Waals surface area contributed by atoms with E-state index in [0.29, 0.717) is 11.8 Å². The van der Waals surface area contributed by atoms with E-state index < -0.39 is 0 Å². The van der Waals surface area contributed by atoms with Gasteiger partial charge in [-0.3, -0.25) is 10.1 Å². The van der Waals surface area contributed by atoms with Gasteiger partial charge in [-0.25, -0.2) is 0 Å². The Balaban J connectivity index is 1.74. The first-order valence-electron chi connectivity index (χ1n) is 8.29. The van der Waals surface area contributed by atoms with Gasteiger partial charge in [-0.05, 0) is 42.5 Å². The number of carbonyl (C=O) groups is 1. The topological polar surface area (TPSA) is 32.3 Å². The fourth-order valence-electron chi connectivity index (χ4n) is 3.82. The second-order valence-electron chi connectivity index (χ2n) is 6.70. The molecule has 0 aromatic carbocycles. The minimum atomic E-state index is 0.0147.